The van der Waals surface area contributed by atoms with E-state index in [1.165, 1.54) is 6.42 Å². The first-order chi connectivity index (χ1) is 8.72. The van der Waals surface area contributed by atoms with Crippen LogP contribution in [0, 0.1) is 6.92 Å². The van der Waals surface area contributed by atoms with E-state index in [2.05, 4.69) is 40.3 Å². The van der Waals surface area contributed by atoms with E-state index < -0.39 is 0 Å². The fraction of sp³-hybridized carbons (Fsp3) is 0.538. The van der Waals surface area contributed by atoms with Crippen molar-refractivity contribution < 1.29 is 0 Å². The molecule has 0 unspecified atom stereocenters. The third-order valence-corrected chi connectivity index (χ3v) is 2.90. The smallest absolute Gasteiger partial charge is 0.154 e. The van der Waals surface area contributed by atoms with Crippen LogP contribution in [0.4, 0.5) is 5.82 Å². The summed E-state index contributed by atoms with van der Waals surface area (Å²) in [6, 6.07) is 2.07. The van der Waals surface area contributed by atoms with Gasteiger partial charge in [-0.25, -0.2) is 9.50 Å². The van der Waals surface area contributed by atoms with Crippen LogP contribution in [-0.2, 0) is 0 Å². The van der Waals surface area contributed by atoms with Crippen molar-refractivity contribution in [2.75, 3.05) is 31.6 Å². The summed E-state index contributed by atoms with van der Waals surface area (Å²) in [4.78, 5) is 6.62. The molecule has 18 heavy (non-hydrogen) atoms. The van der Waals surface area contributed by atoms with Gasteiger partial charge in [-0.1, -0.05) is 6.92 Å². The molecule has 0 atom stereocenters. The molecule has 0 aliphatic rings. The first-order valence-corrected chi connectivity index (χ1v) is 6.45. The Kier molecular flexibility index (Phi) is 4.15. The van der Waals surface area contributed by atoms with Crippen molar-refractivity contribution in [3.63, 3.8) is 0 Å². The summed E-state index contributed by atoms with van der Waals surface area (Å²) in [5.74, 6) is 0.983. The van der Waals surface area contributed by atoms with Crippen LogP contribution in [0.25, 0.3) is 5.52 Å². The van der Waals surface area contributed by atoms with Crippen LogP contribution in [0.3, 0.4) is 0 Å². The second kappa shape index (κ2) is 5.82. The van der Waals surface area contributed by atoms with E-state index in [9.17, 15) is 0 Å². The van der Waals surface area contributed by atoms with E-state index in [1.807, 2.05) is 17.6 Å². The van der Waals surface area contributed by atoms with Crippen molar-refractivity contribution in [3.05, 3.63) is 24.2 Å². The molecule has 0 aliphatic carbocycles. The topological polar surface area (TPSA) is 45.5 Å². The number of nitrogens with one attached hydrogen (secondary N) is 1. The predicted molar refractivity (Wildman–Crippen MR) is 74.2 cm³/mol. The maximum absolute atomic E-state index is 4.46. The lowest BCUT2D eigenvalue weighted by molar-refractivity contribution is 0.664. The molecule has 1 N–H and O–H groups in total. The fourth-order valence-electron chi connectivity index (χ4n) is 1.98. The van der Waals surface area contributed by atoms with Gasteiger partial charge in [0.1, 0.15) is 5.52 Å². The van der Waals surface area contributed by atoms with Crippen molar-refractivity contribution in [3.8, 4) is 0 Å². The van der Waals surface area contributed by atoms with Crippen LogP contribution in [0.2, 0.25) is 0 Å². The molecule has 0 saturated carbocycles. The zero-order valence-corrected chi connectivity index (χ0v) is 11.3. The van der Waals surface area contributed by atoms with E-state index in [-0.39, 0.29) is 0 Å². The molecule has 5 heteroatoms. The van der Waals surface area contributed by atoms with Gasteiger partial charge in [-0.05, 0) is 26.0 Å². The highest BCUT2D eigenvalue weighted by Gasteiger charge is 2.09. The van der Waals surface area contributed by atoms with Crippen LogP contribution < -0.4 is 10.2 Å². The van der Waals surface area contributed by atoms with E-state index in [1.54, 1.807) is 6.20 Å². The predicted octanol–water partition coefficient (Wildman–Crippen LogP) is 1.47. The third kappa shape index (κ3) is 2.79. The number of aryl methyl sites for hydroxylation is 1. The molecular formula is C13H21N5. The maximum atomic E-state index is 4.46. The lowest BCUT2D eigenvalue weighted by Crippen LogP contribution is -2.30. The fourth-order valence-corrected chi connectivity index (χ4v) is 1.98. The normalized spacial score (nSPS) is 11.1. The number of hydrogen-bond acceptors (Lipinski definition) is 4. The molecule has 0 spiro atoms. The van der Waals surface area contributed by atoms with Crippen LogP contribution in [0.5, 0.6) is 0 Å². The van der Waals surface area contributed by atoms with E-state index in [0.29, 0.717) is 0 Å². The minimum absolute atomic E-state index is 0.941. The molecule has 98 valence electrons. The molecule has 0 radical (unpaired) electrons. The zero-order valence-electron chi connectivity index (χ0n) is 11.3. The number of anilines is 1. The summed E-state index contributed by atoms with van der Waals surface area (Å²) in [6.45, 7) is 7.15. The van der Waals surface area contributed by atoms with Crippen molar-refractivity contribution in [1.29, 1.82) is 0 Å². The third-order valence-electron chi connectivity index (χ3n) is 2.90. The summed E-state index contributed by atoms with van der Waals surface area (Å²) in [7, 11) is 2.07. The molecule has 0 aliphatic heterocycles. The monoisotopic (exact) mass is 247 g/mol. The molecule has 2 aromatic heterocycles. The SMILES string of the molecule is CCCNCCN(C)c1nccn2nc(C)cc12. The second-order valence-electron chi connectivity index (χ2n) is 4.54. The average Bonchev–Trinajstić information content (AvgIpc) is 2.74. The minimum atomic E-state index is 0.941. The van der Waals surface area contributed by atoms with E-state index in [4.69, 9.17) is 0 Å². The Morgan fingerprint density at radius 1 is 1.39 bits per heavy atom. The van der Waals surface area contributed by atoms with Crippen molar-refractivity contribution in [2.45, 2.75) is 20.3 Å². The Balaban J connectivity index is 2.09. The van der Waals surface area contributed by atoms with Crippen LogP contribution in [0.15, 0.2) is 18.5 Å². The lowest BCUT2D eigenvalue weighted by Gasteiger charge is -2.18. The van der Waals surface area contributed by atoms with E-state index in [0.717, 1.165) is 36.7 Å². The number of likely N-dealkylation sites (N-methyl/N-ethyl adjacent to an activating group) is 1. The zero-order chi connectivity index (χ0) is 13.0. The van der Waals surface area contributed by atoms with Gasteiger partial charge in [0, 0.05) is 32.5 Å². The Hall–Kier alpha value is -1.62. The van der Waals surface area contributed by atoms with Gasteiger partial charge in [-0.2, -0.15) is 5.10 Å². The number of nitrogens with zero attached hydrogens (tertiary/aromatic N) is 4. The van der Waals surface area contributed by atoms with E-state index >= 15 is 0 Å². The van der Waals surface area contributed by atoms with Gasteiger partial charge in [0.25, 0.3) is 0 Å². The van der Waals surface area contributed by atoms with Gasteiger partial charge in [-0.3, -0.25) is 0 Å². The average molecular weight is 247 g/mol. The Morgan fingerprint density at radius 3 is 3.00 bits per heavy atom. The molecule has 0 aromatic carbocycles. The number of fused-ring (bicyclic) bond motifs is 1. The standard InChI is InChI=1S/C13H21N5/c1-4-5-14-6-8-17(3)13-12-10-11(2)16-18(12)9-7-15-13/h7,9-10,14H,4-6,8H2,1-3H3. The van der Waals surface area contributed by atoms with Gasteiger partial charge in [-0.15, -0.1) is 0 Å². The summed E-state index contributed by atoms with van der Waals surface area (Å²) in [6.07, 6.45) is 4.85. The van der Waals surface area contributed by atoms with Crippen LogP contribution in [0.1, 0.15) is 19.0 Å². The molecular weight excluding hydrogens is 226 g/mol. The molecule has 0 fully saturated rings. The van der Waals surface area contributed by atoms with Gasteiger partial charge >= 0.3 is 0 Å². The molecule has 0 bridgehead atoms. The first-order valence-electron chi connectivity index (χ1n) is 6.45. The summed E-state index contributed by atoms with van der Waals surface area (Å²) in [5, 5.41) is 7.80. The van der Waals surface area contributed by atoms with Gasteiger partial charge in [0.15, 0.2) is 5.82 Å². The lowest BCUT2D eigenvalue weighted by atomic mass is 10.4. The molecule has 2 aromatic rings. The highest BCUT2D eigenvalue weighted by atomic mass is 15.3. The Morgan fingerprint density at radius 2 is 2.22 bits per heavy atom. The summed E-state index contributed by atoms with van der Waals surface area (Å²) < 4.78 is 1.88. The first kappa shape index (κ1) is 12.8. The van der Waals surface area contributed by atoms with Crippen molar-refractivity contribution in [1.82, 2.24) is 19.9 Å². The number of rotatable bonds is 6. The molecule has 5 nitrogen and oxygen atoms in total. The minimum Gasteiger partial charge on any atom is -0.357 e. The summed E-state index contributed by atoms with van der Waals surface area (Å²) in [5.41, 5.74) is 2.08. The van der Waals surface area contributed by atoms with Crippen molar-refractivity contribution >= 4 is 11.3 Å². The Labute approximate surface area is 108 Å². The van der Waals surface area contributed by atoms with Gasteiger partial charge in [0.05, 0.1) is 5.69 Å². The second-order valence-corrected chi connectivity index (χ2v) is 4.54. The Bertz CT molecular complexity index is 505. The highest BCUT2D eigenvalue weighted by molar-refractivity contribution is 5.68. The molecule has 0 amide bonds. The van der Waals surface area contributed by atoms with Crippen LogP contribution in [-0.4, -0.2) is 41.3 Å². The van der Waals surface area contributed by atoms with Gasteiger partial charge in [0.2, 0.25) is 0 Å². The molecule has 2 rings (SSSR count). The van der Waals surface area contributed by atoms with Crippen molar-refractivity contribution in [2.24, 2.45) is 0 Å². The maximum Gasteiger partial charge on any atom is 0.154 e. The quantitative estimate of drug-likeness (QED) is 0.785. The van der Waals surface area contributed by atoms with Gasteiger partial charge < -0.3 is 10.2 Å². The molecule has 2 heterocycles. The number of hydrogen-bond donors (Lipinski definition) is 1. The van der Waals surface area contributed by atoms with Crippen LogP contribution >= 0.6 is 0 Å². The molecule has 0 saturated heterocycles. The highest BCUT2D eigenvalue weighted by Crippen LogP contribution is 2.17. The number of aromatic nitrogens is 3. The summed E-state index contributed by atoms with van der Waals surface area (Å²) >= 11 is 0. The largest absolute Gasteiger partial charge is 0.357 e.